The van der Waals surface area contributed by atoms with Crippen molar-refractivity contribution in [2.45, 2.75) is 58.7 Å². The molecule has 1 N–H and O–H groups in total. The van der Waals surface area contributed by atoms with E-state index >= 15 is 0 Å². The molecule has 2 aromatic heterocycles. The fourth-order valence-electron chi connectivity index (χ4n) is 4.40. The van der Waals surface area contributed by atoms with Gasteiger partial charge in [-0.1, -0.05) is 35.9 Å². The number of aromatic nitrogens is 2. The molecule has 3 aromatic rings. The fourth-order valence-corrected chi connectivity index (χ4v) is 4.40. The molecule has 1 aliphatic rings. The van der Waals surface area contributed by atoms with E-state index in [1.54, 1.807) is 28.1 Å². The van der Waals surface area contributed by atoms with E-state index in [2.05, 4.69) is 10.3 Å². The van der Waals surface area contributed by atoms with Crippen molar-refractivity contribution in [3.05, 3.63) is 99.2 Å². The number of nitrogens with one attached hydrogen (secondary N) is 1. The van der Waals surface area contributed by atoms with Gasteiger partial charge >= 0.3 is 0 Å². The highest BCUT2D eigenvalue weighted by Crippen LogP contribution is 2.18. The number of amides is 2. The van der Waals surface area contributed by atoms with Crippen LogP contribution in [0.5, 0.6) is 0 Å². The van der Waals surface area contributed by atoms with Crippen molar-refractivity contribution >= 4 is 11.8 Å². The zero-order valence-electron chi connectivity index (χ0n) is 20.4. The lowest BCUT2D eigenvalue weighted by Gasteiger charge is -2.33. The summed E-state index contributed by atoms with van der Waals surface area (Å²) in [5, 5.41) is 2.84. The van der Waals surface area contributed by atoms with Gasteiger partial charge in [0.05, 0.1) is 0 Å². The third-order valence-corrected chi connectivity index (χ3v) is 6.54. The molecule has 35 heavy (non-hydrogen) atoms. The summed E-state index contributed by atoms with van der Waals surface area (Å²) in [5.74, 6) is -0.787. The Morgan fingerprint density at radius 3 is 2.54 bits per heavy atom. The quantitative estimate of drug-likeness (QED) is 0.568. The first-order chi connectivity index (χ1) is 16.9. The summed E-state index contributed by atoms with van der Waals surface area (Å²) in [4.78, 5) is 46.0. The number of nitrogens with zero attached hydrogens (tertiary/aromatic N) is 3. The molecule has 0 radical (unpaired) electrons. The number of piperidine rings is 1. The molecule has 1 atom stereocenters. The Balaban J connectivity index is 1.62. The second kappa shape index (κ2) is 11.1. The van der Waals surface area contributed by atoms with Crippen molar-refractivity contribution < 1.29 is 9.59 Å². The molecular formula is C28H32N4O3. The highest BCUT2D eigenvalue weighted by Gasteiger charge is 2.28. The van der Waals surface area contributed by atoms with E-state index in [-0.39, 0.29) is 23.1 Å². The number of hydrogen-bond acceptors (Lipinski definition) is 4. The average molecular weight is 473 g/mol. The number of carbonyl (C=O) groups is 2. The summed E-state index contributed by atoms with van der Waals surface area (Å²) < 4.78 is 1.76. The van der Waals surface area contributed by atoms with Crippen LogP contribution in [0, 0.1) is 6.92 Å². The number of carbonyl (C=O) groups excluding carboxylic acids is 2. The minimum atomic E-state index is -0.525. The third kappa shape index (κ3) is 6.04. The molecule has 1 unspecified atom stereocenters. The lowest BCUT2D eigenvalue weighted by atomic mass is 10.0. The molecule has 3 heterocycles. The molecule has 1 saturated heterocycles. The zero-order chi connectivity index (χ0) is 24.8. The lowest BCUT2D eigenvalue weighted by Crippen LogP contribution is -2.44. The topological polar surface area (TPSA) is 84.3 Å². The largest absolute Gasteiger partial charge is 0.352 e. The molecule has 1 aromatic carbocycles. The Hall–Kier alpha value is -3.74. The second-order valence-electron chi connectivity index (χ2n) is 9.24. The van der Waals surface area contributed by atoms with Gasteiger partial charge in [-0.25, -0.2) is 0 Å². The highest BCUT2D eigenvalue weighted by molar-refractivity contribution is 5.99. The van der Waals surface area contributed by atoms with Gasteiger partial charge in [0, 0.05) is 56.4 Å². The summed E-state index contributed by atoms with van der Waals surface area (Å²) in [5.41, 5.74) is 2.47. The first kappa shape index (κ1) is 24.4. The van der Waals surface area contributed by atoms with Crippen LogP contribution in [-0.2, 0) is 19.5 Å². The number of likely N-dealkylation sites (tertiary alicyclic amines) is 1. The summed E-state index contributed by atoms with van der Waals surface area (Å²) >= 11 is 0. The standard InChI is InChI=1S/C28H32N4O3/c1-20-9-11-22(12-10-20)17-30-27(34)24-18-31(16-13-23-8-3-5-14-29-23)19-25(26(24)33)28(35)32-15-6-4-7-21(32)2/h3,5,8-12,14,18-19,21H,4,6-7,13,15-17H2,1-2H3,(H,30,34). The van der Waals surface area contributed by atoms with Gasteiger partial charge in [-0.3, -0.25) is 19.4 Å². The number of hydrogen-bond donors (Lipinski definition) is 1. The molecule has 0 spiro atoms. The van der Waals surface area contributed by atoms with Crippen molar-refractivity contribution in [1.29, 1.82) is 0 Å². The minimum absolute atomic E-state index is 0.0198. The van der Waals surface area contributed by atoms with Crippen molar-refractivity contribution in [2.24, 2.45) is 0 Å². The van der Waals surface area contributed by atoms with E-state index in [9.17, 15) is 14.4 Å². The van der Waals surface area contributed by atoms with Gasteiger partial charge in [-0.2, -0.15) is 0 Å². The van der Waals surface area contributed by atoms with E-state index in [1.807, 2.05) is 56.3 Å². The van der Waals surface area contributed by atoms with Crippen LogP contribution in [0.1, 0.15) is 63.7 Å². The molecule has 2 amide bonds. The maximum Gasteiger partial charge on any atom is 0.259 e. The summed E-state index contributed by atoms with van der Waals surface area (Å²) in [6.45, 7) is 5.42. The Bertz CT molecular complexity index is 1240. The molecular weight excluding hydrogens is 440 g/mol. The fraction of sp³-hybridized carbons (Fsp3) is 0.357. The molecule has 0 saturated carbocycles. The maximum absolute atomic E-state index is 13.4. The number of aryl methyl sites for hydroxylation is 3. The van der Waals surface area contributed by atoms with Crippen LogP contribution in [0.15, 0.2) is 65.8 Å². The van der Waals surface area contributed by atoms with Gasteiger partial charge in [0.15, 0.2) is 0 Å². The predicted octanol–water partition coefficient (Wildman–Crippen LogP) is 3.74. The van der Waals surface area contributed by atoms with Gasteiger partial charge in [0.25, 0.3) is 11.8 Å². The molecule has 0 bridgehead atoms. The summed E-state index contributed by atoms with van der Waals surface area (Å²) in [6, 6.07) is 13.6. The molecule has 4 rings (SSSR count). The third-order valence-electron chi connectivity index (χ3n) is 6.54. The molecule has 0 aliphatic carbocycles. The molecule has 1 fully saturated rings. The van der Waals surface area contributed by atoms with Crippen LogP contribution in [0.3, 0.4) is 0 Å². The van der Waals surface area contributed by atoms with Crippen LogP contribution < -0.4 is 10.7 Å². The number of rotatable bonds is 7. The van der Waals surface area contributed by atoms with Crippen molar-refractivity contribution in [3.63, 3.8) is 0 Å². The van der Waals surface area contributed by atoms with Crippen LogP contribution in [0.25, 0.3) is 0 Å². The van der Waals surface area contributed by atoms with Crippen LogP contribution in [0.2, 0.25) is 0 Å². The smallest absolute Gasteiger partial charge is 0.259 e. The predicted molar refractivity (Wildman–Crippen MR) is 135 cm³/mol. The lowest BCUT2D eigenvalue weighted by molar-refractivity contribution is 0.0633. The normalized spacial score (nSPS) is 15.6. The Morgan fingerprint density at radius 1 is 1.06 bits per heavy atom. The first-order valence-electron chi connectivity index (χ1n) is 12.2. The maximum atomic E-state index is 13.4. The molecule has 1 aliphatic heterocycles. The molecule has 7 nitrogen and oxygen atoms in total. The summed E-state index contributed by atoms with van der Waals surface area (Å²) in [7, 11) is 0. The van der Waals surface area contributed by atoms with E-state index in [1.165, 1.54) is 0 Å². The average Bonchev–Trinajstić information content (AvgIpc) is 2.88. The van der Waals surface area contributed by atoms with Crippen LogP contribution in [0.4, 0.5) is 0 Å². The second-order valence-corrected chi connectivity index (χ2v) is 9.24. The van der Waals surface area contributed by atoms with Crippen LogP contribution >= 0.6 is 0 Å². The van der Waals surface area contributed by atoms with Gasteiger partial charge in [0.2, 0.25) is 5.43 Å². The monoisotopic (exact) mass is 472 g/mol. The van der Waals surface area contributed by atoms with E-state index in [4.69, 9.17) is 0 Å². The molecule has 7 heteroatoms. The van der Waals surface area contributed by atoms with Crippen molar-refractivity contribution in [3.8, 4) is 0 Å². The van der Waals surface area contributed by atoms with Gasteiger partial charge in [-0.05, 0) is 50.8 Å². The SMILES string of the molecule is Cc1ccc(CNC(=O)c2cn(CCc3ccccn3)cc(C(=O)N3CCCCC3C)c2=O)cc1. The number of benzene rings is 1. The van der Waals surface area contributed by atoms with Crippen LogP contribution in [-0.4, -0.2) is 38.9 Å². The van der Waals surface area contributed by atoms with E-state index < -0.39 is 11.3 Å². The van der Waals surface area contributed by atoms with Gasteiger partial charge < -0.3 is 14.8 Å². The Kier molecular flexibility index (Phi) is 7.75. The van der Waals surface area contributed by atoms with Crippen molar-refractivity contribution in [2.75, 3.05) is 6.54 Å². The highest BCUT2D eigenvalue weighted by atomic mass is 16.2. The number of pyridine rings is 2. The van der Waals surface area contributed by atoms with Crippen molar-refractivity contribution in [1.82, 2.24) is 19.8 Å². The zero-order valence-corrected chi connectivity index (χ0v) is 20.4. The summed E-state index contributed by atoms with van der Waals surface area (Å²) in [6.07, 6.45) is 8.38. The minimum Gasteiger partial charge on any atom is -0.352 e. The Morgan fingerprint density at radius 2 is 1.83 bits per heavy atom. The van der Waals surface area contributed by atoms with E-state index in [0.29, 0.717) is 26.1 Å². The Labute approximate surface area is 205 Å². The molecule has 182 valence electrons. The van der Waals surface area contributed by atoms with E-state index in [0.717, 1.165) is 36.1 Å². The first-order valence-corrected chi connectivity index (χ1v) is 12.2. The van der Waals surface area contributed by atoms with Gasteiger partial charge in [0.1, 0.15) is 11.1 Å². The van der Waals surface area contributed by atoms with Gasteiger partial charge in [-0.15, -0.1) is 0 Å².